The SMILES string of the molecule is COc1cc(C(C)(C)O)c(O)cc1C. The molecule has 0 saturated heterocycles. The van der Waals surface area contributed by atoms with Gasteiger partial charge in [-0.1, -0.05) is 0 Å². The summed E-state index contributed by atoms with van der Waals surface area (Å²) in [6, 6.07) is 3.25. The molecule has 0 aliphatic heterocycles. The highest BCUT2D eigenvalue weighted by Crippen LogP contribution is 2.34. The summed E-state index contributed by atoms with van der Waals surface area (Å²) < 4.78 is 5.11. The van der Waals surface area contributed by atoms with Gasteiger partial charge in [-0.2, -0.15) is 0 Å². The Hall–Kier alpha value is -1.22. The van der Waals surface area contributed by atoms with Crippen LogP contribution in [0.3, 0.4) is 0 Å². The van der Waals surface area contributed by atoms with Gasteiger partial charge in [-0.15, -0.1) is 0 Å². The fourth-order valence-corrected chi connectivity index (χ4v) is 1.38. The molecule has 1 aromatic carbocycles. The highest BCUT2D eigenvalue weighted by Gasteiger charge is 2.21. The normalized spacial score (nSPS) is 11.5. The van der Waals surface area contributed by atoms with Gasteiger partial charge in [0.25, 0.3) is 0 Å². The van der Waals surface area contributed by atoms with Crippen molar-refractivity contribution >= 4 is 0 Å². The van der Waals surface area contributed by atoms with E-state index in [-0.39, 0.29) is 5.75 Å². The molecule has 0 bridgehead atoms. The number of aryl methyl sites for hydroxylation is 1. The standard InChI is InChI=1S/C11H16O3/c1-7-5-9(12)8(11(2,3)13)6-10(7)14-4/h5-6,12-13H,1-4H3. The summed E-state index contributed by atoms with van der Waals surface area (Å²) in [7, 11) is 1.56. The molecule has 3 heteroatoms. The molecule has 14 heavy (non-hydrogen) atoms. The van der Waals surface area contributed by atoms with Gasteiger partial charge in [-0.3, -0.25) is 0 Å². The molecule has 2 N–H and O–H groups in total. The lowest BCUT2D eigenvalue weighted by Gasteiger charge is -2.20. The van der Waals surface area contributed by atoms with Gasteiger partial charge < -0.3 is 14.9 Å². The first-order chi connectivity index (χ1) is 6.36. The molecular formula is C11H16O3. The number of aromatic hydroxyl groups is 1. The lowest BCUT2D eigenvalue weighted by molar-refractivity contribution is 0.0755. The number of hydrogen-bond acceptors (Lipinski definition) is 3. The van der Waals surface area contributed by atoms with Crippen LogP contribution in [0.1, 0.15) is 25.0 Å². The van der Waals surface area contributed by atoms with Gasteiger partial charge in [0, 0.05) is 5.56 Å². The quantitative estimate of drug-likeness (QED) is 0.760. The van der Waals surface area contributed by atoms with Gasteiger partial charge in [0.05, 0.1) is 12.7 Å². The van der Waals surface area contributed by atoms with E-state index in [4.69, 9.17) is 4.74 Å². The molecule has 78 valence electrons. The minimum absolute atomic E-state index is 0.0933. The molecule has 1 aromatic rings. The Kier molecular flexibility index (Phi) is 2.71. The third-order valence-electron chi connectivity index (χ3n) is 2.17. The van der Waals surface area contributed by atoms with E-state index in [9.17, 15) is 10.2 Å². The maximum Gasteiger partial charge on any atom is 0.122 e. The third kappa shape index (κ3) is 1.99. The van der Waals surface area contributed by atoms with E-state index in [0.717, 1.165) is 5.56 Å². The average molecular weight is 196 g/mol. The van der Waals surface area contributed by atoms with E-state index in [1.165, 1.54) is 0 Å². The van der Waals surface area contributed by atoms with Gasteiger partial charge in [0.15, 0.2) is 0 Å². The molecule has 0 spiro atoms. The summed E-state index contributed by atoms with van der Waals surface area (Å²) >= 11 is 0. The zero-order valence-electron chi connectivity index (χ0n) is 8.96. The average Bonchev–Trinajstić information content (AvgIpc) is 2.02. The number of methoxy groups -OCH3 is 1. The van der Waals surface area contributed by atoms with Crippen LogP contribution < -0.4 is 4.74 Å². The van der Waals surface area contributed by atoms with E-state index < -0.39 is 5.60 Å². The molecule has 0 fully saturated rings. The first-order valence-electron chi connectivity index (χ1n) is 4.46. The number of ether oxygens (including phenoxy) is 1. The van der Waals surface area contributed by atoms with Crippen LogP contribution in [0.2, 0.25) is 0 Å². The number of benzene rings is 1. The van der Waals surface area contributed by atoms with Crippen molar-refractivity contribution in [2.75, 3.05) is 7.11 Å². The minimum atomic E-state index is -1.06. The Bertz CT molecular complexity index is 337. The first kappa shape index (κ1) is 10.9. The third-order valence-corrected chi connectivity index (χ3v) is 2.17. The molecule has 0 radical (unpaired) electrons. The second-order valence-electron chi connectivity index (χ2n) is 3.90. The predicted octanol–water partition coefficient (Wildman–Crippen LogP) is 1.94. The topological polar surface area (TPSA) is 49.7 Å². The van der Waals surface area contributed by atoms with Crippen LogP contribution in [-0.4, -0.2) is 17.3 Å². The second kappa shape index (κ2) is 3.50. The Morgan fingerprint density at radius 1 is 1.29 bits per heavy atom. The molecule has 0 atom stereocenters. The van der Waals surface area contributed by atoms with Crippen molar-refractivity contribution < 1.29 is 14.9 Å². The van der Waals surface area contributed by atoms with E-state index >= 15 is 0 Å². The smallest absolute Gasteiger partial charge is 0.122 e. The molecule has 0 heterocycles. The van der Waals surface area contributed by atoms with Crippen molar-refractivity contribution in [1.82, 2.24) is 0 Å². The molecule has 0 aliphatic rings. The molecule has 0 amide bonds. The monoisotopic (exact) mass is 196 g/mol. The second-order valence-corrected chi connectivity index (χ2v) is 3.90. The van der Waals surface area contributed by atoms with Gasteiger partial charge >= 0.3 is 0 Å². The van der Waals surface area contributed by atoms with Crippen LogP contribution in [0, 0.1) is 6.92 Å². The zero-order valence-corrected chi connectivity index (χ0v) is 8.96. The highest BCUT2D eigenvalue weighted by molar-refractivity contribution is 5.47. The summed E-state index contributed by atoms with van der Waals surface area (Å²) in [5.74, 6) is 0.760. The van der Waals surface area contributed by atoms with Crippen LogP contribution in [0.25, 0.3) is 0 Å². The van der Waals surface area contributed by atoms with Gasteiger partial charge in [-0.25, -0.2) is 0 Å². The summed E-state index contributed by atoms with van der Waals surface area (Å²) in [5, 5.41) is 19.4. The predicted molar refractivity (Wildman–Crippen MR) is 54.6 cm³/mol. The maximum absolute atomic E-state index is 9.77. The van der Waals surface area contributed by atoms with Crippen molar-refractivity contribution in [3.05, 3.63) is 23.3 Å². The number of phenols is 1. The Balaban J connectivity index is 3.32. The summed E-state index contributed by atoms with van der Waals surface area (Å²) in [5.41, 5.74) is 0.253. The number of aliphatic hydroxyl groups is 1. The molecule has 0 aromatic heterocycles. The Morgan fingerprint density at radius 3 is 2.29 bits per heavy atom. The zero-order chi connectivity index (χ0) is 10.9. The maximum atomic E-state index is 9.77. The largest absolute Gasteiger partial charge is 0.508 e. The van der Waals surface area contributed by atoms with E-state index in [1.54, 1.807) is 33.1 Å². The first-order valence-corrected chi connectivity index (χ1v) is 4.46. The molecular weight excluding hydrogens is 180 g/mol. The highest BCUT2D eigenvalue weighted by atomic mass is 16.5. The summed E-state index contributed by atoms with van der Waals surface area (Å²) in [4.78, 5) is 0. The van der Waals surface area contributed by atoms with Crippen molar-refractivity contribution in [2.45, 2.75) is 26.4 Å². The number of phenolic OH excluding ortho intramolecular Hbond substituents is 1. The fraction of sp³-hybridized carbons (Fsp3) is 0.455. The van der Waals surface area contributed by atoms with Crippen LogP contribution in [0.4, 0.5) is 0 Å². The van der Waals surface area contributed by atoms with Crippen LogP contribution in [0.15, 0.2) is 12.1 Å². The number of rotatable bonds is 2. The van der Waals surface area contributed by atoms with Crippen molar-refractivity contribution in [3.8, 4) is 11.5 Å². The van der Waals surface area contributed by atoms with Crippen molar-refractivity contribution in [3.63, 3.8) is 0 Å². The van der Waals surface area contributed by atoms with E-state index in [1.807, 2.05) is 6.92 Å². The van der Waals surface area contributed by atoms with Crippen LogP contribution >= 0.6 is 0 Å². The molecule has 1 rings (SSSR count). The lowest BCUT2D eigenvalue weighted by Crippen LogP contribution is -2.15. The van der Waals surface area contributed by atoms with Crippen LogP contribution in [0.5, 0.6) is 11.5 Å². The molecule has 3 nitrogen and oxygen atoms in total. The fourth-order valence-electron chi connectivity index (χ4n) is 1.38. The summed E-state index contributed by atoms with van der Waals surface area (Å²) in [6.07, 6.45) is 0. The van der Waals surface area contributed by atoms with Crippen molar-refractivity contribution in [2.24, 2.45) is 0 Å². The van der Waals surface area contributed by atoms with Crippen LogP contribution in [-0.2, 0) is 5.60 Å². The van der Waals surface area contributed by atoms with Gasteiger partial charge in [-0.05, 0) is 38.5 Å². The lowest BCUT2D eigenvalue weighted by atomic mass is 9.96. The molecule has 0 unspecified atom stereocenters. The van der Waals surface area contributed by atoms with E-state index in [2.05, 4.69) is 0 Å². The summed E-state index contributed by atoms with van der Waals surface area (Å²) in [6.45, 7) is 5.08. The molecule has 0 aliphatic carbocycles. The number of hydrogen-bond donors (Lipinski definition) is 2. The Morgan fingerprint density at radius 2 is 1.86 bits per heavy atom. The Labute approximate surface area is 84.0 Å². The van der Waals surface area contributed by atoms with Crippen molar-refractivity contribution in [1.29, 1.82) is 0 Å². The molecule has 0 saturated carbocycles. The van der Waals surface area contributed by atoms with Gasteiger partial charge in [0.1, 0.15) is 11.5 Å². The van der Waals surface area contributed by atoms with Gasteiger partial charge in [0.2, 0.25) is 0 Å². The minimum Gasteiger partial charge on any atom is -0.508 e. The van der Waals surface area contributed by atoms with E-state index in [0.29, 0.717) is 11.3 Å².